The fourth-order valence-electron chi connectivity index (χ4n) is 4.03. The number of benzene rings is 3. The van der Waals surface area contributed by atoms with Crippen molar-refractivity contribution in [3.63, 3.8) is 0 Å². The Morgan fingerprint density at radius 3 is 2.37 bits per heavy atom. The zero-order valence-corrected chi connectivity index (χ0v) is 24.2. The van der Waals surface area contributed by atoms with Crippen molar-refractivity contribution in [2.75, 3.05) is 10.8 Å². The van der Waals surface area contributed by atoms with E-state index in [2.05, 4.69) is 26.5 Å². The number of carbonyl (C=O) groups excluding carboxylic acids is 1. The van der Waals surface area contributed by atoms with Gasteiger partial charge in [0.25, 0.3) is 15.9 Å². The van der Waals surface area contributed by atoms with Crippen molar-refractivity contribution in [3.8, 4) is 5.69 Å². The van der Waals surface area contributed by atoms with Crippen molar-refractivity contribution in [2.24, 2.45) is 5.10 Å². The lowest BCUT2D eigenvalue weighted by Gasteiger charge is -2.23. The van der Waals surface area contributed by atoms with Crippen LogP contribution in [0.1, 0.15) is 22.5 Å². The van der Waals surface area contributed by atoms with Gasteiger partial charge in [-0.3, -0.25) is 9.10 Å². The molecule has 0 aliphatic heterocycles. The molecule has 4 aromatic rings. The van der Waals surface area contributed by atoms with E-state index in [-0.39, 0.29) is 4.90 Å². The van der Waals surface area contributed by atoms with Gasteiger partial charge in [0.1, 0.15) is 6.54 Å². The zero-order chi connectivity index (χ0) is 27.4. The molecule has 0 radical (unpaired) electrons. The van der Waals surface area contributed by atoms with Crippen LogP contribution in [0, 0.1) is 20.8 Å². The summed E-state index contributed by atoms with van der Waals surface area (Å²) in [7, 11) is -4.01. The van der Waals surface area contributed by atoms with Gasteiger partial charge in [-0.25, -0.2) is 13.8 Å². The molecule has 196 valence electrons. The predicted molar refractivity (Wildman–Crippen MR) is 156 cm³/mol. The first-order valence-electron chi connectivity index (χ1n) is 11.7. The van der Waals surface area contributed by atoms with Crippen molar-refractivity contribution in [3.05, 3.63) is 111 Å². The number of carbonyl (C=O) groups is 1. The number of hydrazone groups is 1. The van der Waals surface area contributed by atoms with E-state index in [0.717, 1.165) is 37.0 Å². The van der Waals surface area contributed by atoms with E-state index >= 15 is 0 Å². The number of hydrogen-bond acceptors (Lipinski definition) is 4. The summed E-state index contributed by atoms with van der Waals surface area (Å²) in [5.41, 5.74) is 7.37. The maximum absolute atomic E-state index is 13.5. The Kier molecular flexibility index (Phi) is 8.40. The monoisotopic (exact) mass is 612 g/mol. The summed E-state index contributed by atoms with van der Waals surface area (Å²) in [6.45, 7) is 5.34. The van der Waals surface area contributed by atoms with Crippen molar-refractivity contribution >= 4 is 55.4 Å². The Labute approximate surface area is 235 Å². The van der Waals surface area contributed by atoms with Crippen molar-refractivity contribution < 1.29 is 13.2 Å². The summed E-state index contributed by atoms with van der Waals surface area (Å²) in [6, 6.07) is 22.7. The summed E-state index contributed by atoms with van der Waals surface area (Å²) in [5.74, 6) is -0.580. The highest BCUT2D eigenvalue weighted by molar-refractivity contribution is 9.10. The van der Waals surface area contributed by atoms with Gasteiger partial charge in [-0.1, -0.05) is 51.3 Å². The van der Waals surface area contributed by atoms with Crippen molar-refractivity contribution in [1.29, 1.82) is 0 Å². The molecule has 0 saturated carbocycles. The van der Waals surface area contributed by atoms with Crippen LogP contribution in [0.2, 0.25) is 5.02 Å². The molecule has 0 saturated heterocycles. The Bertz CT molecular complexity index is 1600. The standard InChI is InChI=1S/C28H26BrClN4O3S/c1-19-7-13-27(14-8-19)38(36,37)33(25-11-9-23(29)10-12-25)18-28(35)32-31-17-22-15-20(2)34(21(22)3)26-6-4-5-24(30)16-26/h4-17H,18H2,1-3H3,(H,32,35)/b31-17-. The highest BCUT2D eigenvalue weighted by Gasteiger charge is 2.27. The van der Waals surface area contributed by atoms with Crippen molar-refractivity contribution in [2.45, 2.75) is 25.7 Å². The van der Waals surface area contributed by atoms with Crippen LogP contribution < -0.4 is 9.73 Å². The third-order valence-electron chi connectivity index (χ3n) is 5.94. The fraction of sp³-hybridized carbons (Fsp3) is 0.143. The summed E-state index contributed by atoms with van der Waals surface area (Å²) in [4.78, 5) is 13.0. The Morgan fingerprint density at radius 2 is 1.71 bits per heavy atom. The highest BCUT2D eigenvalue weighted by Crippen LogP contribution is 2.26. The maximum atomic E-state index is 13.5. The van der Waals surface area contributed by atoms with Crippen LogP contribution in [-0.2, 0) is 14.8 Å². The molecule has 38 heavy (non-hydrogen) atoms. The van der Waals surface area contributed by atoms with Gasteiger partial charge in [0, 0.05) is 32.1 Å². The number of nitrogens with zero attached hydrogens (tertiary/aromatic N) is 3. The third-order valence-corrected chi connectivity index (χ3v) is 8.49. The number of aromatic nitrogens is 1. The van der Waals surface area contributed by atoms with Gasteiger partial charge in [-0.15, -0.1) is 0 Å². The molecule has 0 aliphatic rings. The van der Waals surface area contributed by atoms with E-state index in [1.54, 1.807) is 42.6 Å². The molecule has 1 N–H and O–H groups in total. The third kappa shape index (κ3) is 6.18. The van der Waals surface area contributed by atoms with E-state index in [1.807, 2.05) is 55.7 Å². The predicted octanol–water partition coefficient (Wildman–Crippen LogP) is 6.16. The van der Waals surface area contributed by atoms with Crippen molar-refractivity contribution in [1.82, 2.24) is 9.99 Å². The summed E-state index contributed by atoms with van der Waals surface area (Å²) in [5, 5.41) is 4.74. The minimum Gasteiger partial charge on any atom is -0.318 e. The quantitative estimate of drug-likeness (QED) is 0.191. The van der Waals surface area contributed by atoms with E-state index < -0.39 is 22.5 Å². The Morgan fingerprint density at radius 1 is 1.03 bits per heavy atom. The van der Waals surface area contributed by atoms with Gasteiger partial charge in [0.05, 0.1) is 16.8 Å². The molecule has 0 bridgehead atoms. The molecule has 1 aromatic heterocycles. The van der Waals surface area contributed by atoms with Crippen LogP contribution in [0.25, 0.3) is 5.69 Å². The summed E-state index contributed by atoms with van der Waals surface area (Å²) in [6.07, 6.45) is 1.54. The second-order valence-corrected chi connectivity index (χ2v) is 12.0. The number of aryl methyl sites for hydroxylation is 2. The van der Waals surface area contributed by atoms with Crippen LogP contribution in [0.3, 0.4) is 0 Å². The summed E-state index contributed by atoms with van der Waals surface area (Å²) < 4.78 is 30.9. The second-order valence-electron chi connectivity index (χ2n) is 8.74. The molecule has 4 rings (SSSR count). The summed E-state index contributed by atoms with van der Waals surface area (Å²) >= 11 is 9.52. The Hall–Kier alpha value is -3.40. The largest absolute Gasteiger partial charge is 0.318 e. The van der Waals surface area contributed by atoms with E-state index in [9.17, 15) is 13.2 Å². The Balaban J connectivity index is 1.55. The van der Waals surface area contributed by atoms with Gasteiger partial charge in [0.15, 0.2) is 0 Å². The number of amides is 1. The number of rotatable bonds is 8. The normalized spacial score (nSPS) is 11.6. The lowest BCUT2D eigenvalue weighted by Crippen LogP contribution is -2.39. The molecule has 0 aliphatic carbocycles. The smallest absolute Gasteiger partial charge is 0.264 e. The average Bonchev–Trinajstić information content (AvgIpc) is 3.16. The van der Waals surface area contributed by atoms with Crippen LogP contribution in [0.5, 0.6) is 0 Å². The molecule has 0 spiro atoms. The fourth-order valence-corrected chi connectivity index (χ4v) is 5.90. The van der Waals surface area contributed by atoms with E-state index in [4.69, 9.17) is 11.6 Å². The molecular formula is C28H26BrClN4O3S. The number of sulfonamides is 1. The number of anilines is 1. The van der Waals surface area contributed by atoms with E-state index in [0.29, 0.717) is 10.7 Å². The molecular weight excluding hydrogens is 588 g/mol. The number of hydrogen-bond donors (Lipinski definition) is 1. The second kappa shape index (κ2) is 11.6. The first-order valence-corrected chi connectivity index (χ1v) is 14.3. The number of halogens is 2. The van der Waals surface area contributed by atoms with Gasteiger partial charge < -0.3 is 4.57 Å². The van der Waals surface area contributed by atoms with Gasteiger partial charge in [-0.05, 0) is 81.4 Å². The molecule has 1 heterocycles. The van der Waals surface area contributed by atoms with Gasteiger partial charge in [0.2, 0.25) is 0 Å². The molecule has 3 aromatic carbocycles. The maximum Gasteiger partial charge on any atom is 0.264 e. The first-order chi connectivity index (χ1) is 18.1. The first kappa shape index (κ1) is 27.6. The lowest BCUT2D eigenvalue weighted by atomic mass is 10.2. The molecule has 7 nitrogen and oxygen atoms in total. The average molecular weight is 614 g/mol. The number of nitrogens with one attached hydrogen (secondary N) is 1. The lowest BCUT2D eigenvalue weighted by molar-refractivity contribution is -0.119. The SMILES string of the molecule is Cc1ccc(S(=O)(=O)N(CC(=O)N/N=C\c2cc(C)n(-c3cccc(Cl)c3)c2C)c2ccc(Br)cc2)cc1. The molecule has 10 heteroatoms. The van der Waals surface area contributed by atoms with Crippen LogP contribution in [-0.4, -0.2) is 31.7 Å². The zero-order valence-electron chi connectivity index (χ0n) is 21.0. The molecule has 1 amide bonds. The topological polar surface area (TPSA) is 83.8 Å². The van der Waals surface area contributed by atoms with Crippen LogP contribution >= 0.6 is 27.5 Å². The van der Waals surface area contributed by atoms with E-state index in [1.165, 1.54) is 12.1 Å². The molecule has 0 unspecified atom stereocenters. The van der Waals surface area contributed by atoms with Crippen LogP contribution in [0.4, 0.5) is 5.69 Å². The molecule has 0 atom stereocenters. The highest BCUT2D eigenvalue weighted by atomic mass is 79.9. The molecule has 0 fully saturated rings. The van der Waals surface area contributed by atoms with Gasteiger partial charge in [-0.2, -0.15) is 5.10 Å². The minimum absolute atomic E-state index is 0.0933. The van der Waals surface area contributed by atoms with Gasteiger partial charge >= 0.3 is 0 Å². The minimum atomic E-state index is -4.01. The van der Waals surface area contributed by atoms with Crippen LogP contribution in [0.15, 0.2) is 93.3 Å².